The van der Waals surface area contributed by atoms with Crippen molar-refractivity contribution in [1.82, 2.24) is 0 Å². The largest absolute Gasteiger partial charge is 0.496 e. The predicted molar refractivity (Wildman–Crippen MR) is 83.7 cm³/mol. The van der Waals surface area contributed by atoms with E-state index in [1.54, 1.807) is 14.2 Å². The van der Waals surface area contributed by atoms with Gasteiger partial charge in [-0.2, -0.15) is 0 Å². The summed E-state index contributed by atoms with van der Waals surface area (Å²) in [5.74, 6) is 1.81. The highest BCUT2D eigenvalue weighted by Gasteiger charge is 2.17. The standard InChI is InChI=1S/C18H22O2/c1-5-13-9-7-11-15(19-3)17(13)18-14(6-2)10-8-12-16(18)20-4/h7-12H,5-6H2,1-4H3. The Bertz CT molecular complexity index is 490. The van der Waals surface area contributed by atoms with E-state index in [4.69, 9.17) is 9.47 Å². The smallest absolute Gasteiger partial charge is 0.127 e. The molecule has 0 bridgehead atoms. The Morgan fingerprint density at radius 2 is 1.10 bits per heavy atom. The van der Waals surface area contributed by atoms with Gasteiger partial charge in [0.15, 0.2) is 0 Å². The molecule has 2 aromatic carbocycles. The van der Waals surface area contributed by atoms with Crippen LogP contribution in [-0.4, -0.2) is 14.2 Å². The van der Waals surface area contributed by atoms with Crippen LogP contribution in [0.25, 0.3) is 11.1 Å². The van der Waals surface area contributed by atoms with E-state index in [-0.39, 0.29) is 0 Å². The van der Waals surface area contributed by atoms with Crippen LogP contribution in [0.2, 0.25) is 0 Å². The fraction of sp³-hybridized carbons (Fsp3) is 0.333. The summed E-state index contributed by atoms with van der Waals surface area (Å²) >= 11 is 0. The summed E-state index contributed by atoms with van der Waals surface area (Å²) in [4.78, 5) is 0. The molecule has 0 aliphatic carbocycles. The lowest BCUT2D eigenvalue weighted by atomic mass is 9.91. The molecule has 0 spiro atoms. The second-order valence-corrected chi connectivity index (χ2v) is 4.70. The molecule has 2 rings (SSSR count). The molecular formula is C18H22O2. The minimum absolute atomic E-state index is 0.906. The first-order chi connectivity index (χ1) is 9.76. The molecule has 0 heterocycles. The zero-order valence-electron chi connectivity index (χ0n) is 12.7. The van der Waals surface area contributed by atoms with Gasteiger partial charge in [0.2, 0.25) is 0 Å². The van der Waals surface area contributed by atoms with Crippen LogP contribution in [0.15, 0.2) is 36.4 Å². The molecule has 106 valence electrons. The van der Waals surface area contributed by atoms with E-state index in [0.717, 1.165) is 35.5 Å². The third kappa shape index (κ3) is 2.51. The van der Waals surface area contributed by atoms with E-state index in [9.17, 15) is 0 Å². The van der Waals surface area contributed by atoms with Crippen molar-refractivity contribution in [2.45, 2.75) is 26.7 Å². The highest BCUT2D eigenvalue weighted by atomic mass is 16.5. The van der Waals surface area contributed by atoms with Crippen molar-refractivity contribution < 1.29 is 9.47 Å². The van der Waals surface area contributed by atoms with Gasteiger partial charge >= 0.3 is 0 Å². The van der Waals surface area contributed by atoms with Crippen LogP contribution in [0.1, 0.15) is 25.0 Å². The van der Waals surface area contributed by atoms with Gasteiger partial charge in [0, 0.05) is 11.1 Å². The first-order valence-corrected chi connectivity index (χ1v) is 7.08. The van der Waals surface area contributed by atoms with Crippen molar-refractivity contribution in [3.05, 3.63) is 47.5 Å². The summed E-state index contributed by atoms with van der Waals surface area (Å²) in [5.41, 5.74) is 4.88. The van der Waals surface area contributed by atoms with Crippen LogP contribution < -0.4 is 9.47 Å². The van der Waals surface area contributed by atoms with Crippen LogP contribution in [-0.2, 0) is 12.8 Å². The second-order valence-electron chi connectivity index (χ2n) is 4.70. The summed E-state index contributed by atoms with van der Waals surface area (Å²) in [6.45, 7) is 4.33. The van der Waals surface area contributed by atoms with Gasteiger partial charge in [-0.15, -0.1) is 0 Å². The van der Waals surface area contributed by atoms with E-state index in [2.05, 4.69) is 26.0 Å². The van der Waals surface area contributed by atoms with Crippen molar-refractivity contribution in [1.29, 1.82) is 0 Å². The topological polar surface area (TPSA) is 18.5 Å². The van der Waals surface area contributed by atoms with E-state index < -0.39 is 0 Å². The van der Waals surface area contributed by atoms with Gasteiger partial charge in [-0.05, 0) is 36.1 Å². The lowest BCUT2D eigenvalue weighted by Crippen LogP contribution is -1.99. The fourth-order valence-electron chi connectivity index (χ4n) is 2.65. The normalized spacial score (nSPS) is 10.4. The monoisotopic (exact) mass is 270 g/mol. The fourth-order valence-corrected chi connectivity index (χ4v) is 2.65. The van der Waals surface area contributed by atoms with Crippen molar-refractivity contribution in [2.24, 2.45) is 0 Å². The SMILES string of the molecule is CCc1cccc(OC)c1-c1c(CC)cccc1OC. The average Bonchev–Trinajstić information content (AvgIpc) is 2.52. The summed E-state index contributed by atoms with van der Waals surface area (Å²) in [6, 6.07) is 12.4. The zero-order chi connectivity index (χ0) is 14.5. The Balaban J connectivity index is 2.79. The Labute approximate surface area is 121 Å². The molecule has 0 saturated heterocycles. The predicted octanol–water partition coefficient (Wildman–Crippen LogP) is 4.50. The van der Waals surface area contributed by atoms with Crippen LogP contribution in [0.4, 0.5) is 0 Å². The number of benzene rings is 2. The first kappa shape index (κ1) is 14.4. The molecule has 0 atom stereocenters. The molecule has 0 amide bonds. The lowest BCUT2D eigenvalue weighted by Gasteiger charge is -2.18. The van der Waals surface area contributed by atoms with Crippen LogP contribution in [0, 0.1) is 0 Å². The number of hydrogen-bond acceptors (Lipinski definition) is 2. The summed E-state index contributed by atoms with van der Waals surface area (Å²) < 4.78 is 11.2. The number of aryl methyl sites for hydroxylation is 2. The molecule has 0 fully saturated rings. The zero-order valence-corrected chi connectivity index (χ0v) is 12.7. The molecule has 20 heavy (non-hydrogen) atoms. The lowest BCUT2D eigenvalue weighted by molar-refractivity contribution is 0.409. The molecule has 0 aliphatic heterocycles. The van der Waals surface area contributed by atoms with Crippen LogP contribution in [0.3, 0.4) is 0 Å². The maximum atomic E-state index is 5.59. The Morgan fingerprint density at radius 1 is 0.700 bits per heavy atom. The molecule has 0 aliphatic rings. The van der Waals surface area contributed by atoms with Crippen molar-refractivity contribution in [2.75, 3.05) is 14.2 Å². The highest BCUT2D eigenvalue weighted by molar-refractivity contribution is 5.81. The van der Waals surface area contributed by atoms with Gasteiger partial charge in [0.1, 0.15) is 11.5 Å². The van der Waals surface area contributed by atoms with Gasteiger partial charge in [-0.25, -0.2) is 0 Å². The van der Waals surface area contributed by atoms with E-state index in [0.29, 0.717) is 0 Å². The highest BCUT2D eigenvalue weighted by Crippen LogP contribution is 2.41. The minimum Gasteiger partial charge on any atom is -0.496 e. The molecule has 0 unspecified atom stereocenters. The molecule has 2 aromatic rings. The maximum absolute atomic E-state index is 5.59. The minimum atomic E-state index is 0.906. The number of hydrogen-bond donors (Lipinski definition) is 0. The third-order valence-corrected chi connectivity index (χ3v) is 3.68. The Morgan fingerprint density at radius 3 is 1.40 bits per heavy atom. The van der Waals surface area contributed by atoms with Crippen molar-refractivity contribution in [3.63, 3.8) is 0 Å². The molecule has 0 radical (unpaired) electrons. The molecule has 2 heteroatoms. The van der Waals surface area contributed by atoms with Gasteiger partial charge in [0.05, 0.1) is 14.2 Å². The van der Waals surface area contributed by atoms with Gasteiger partial charge in [0.25, 0.3) is 0 Å². The van der Waals surface area contributed by atoms with Crippen molar-refractivity contribution >= 4 is 0 Å². The van der Waals surface area contributed by atoms with E-state index >= 15 is 0 Å². The van der Waals surface area contributed by atoms with Gasteiger partial charge < -0.3 is 9.47 Å². The Hall–Kier alpha value is -1.96. The summed E-state index contributed by atoms with van der Waals surface area (Å²) in [7, 11) is 3.44. The quantitative estimate of drug-likeness (QED) is 0.796. The first-order valence-electron chi connectivity index (χ1n) is 7.08. The van der Waals surface area contributed by atoms with Gasteiger partial charge in [-0.1, -0.05) is 38.1 Å². The van der Waals surface area contributed by atoms with E-state index in [1.165, 1.54) is 11.1 Å². The third-order valence-electron chi connectivity index (χ3n) is 3.68. The number of ether oxygens (including phenoxy) is 2. The second kappa shape index (κ2) is 6.47. The van der Waals surface area contributed by atoms with Crippen molar-refractivity contribution in [3.8, 4) is 22.6 Å². The number of methoxy groups -OCH3 is 2. The molecule has 2 nitrogen and oxygen atoms in total. The number of rotatable bonds is 5. The molecule has 0 aromatic heterocycles. The van der Waals surface area contributed by atoms with Crippen LogP contribution >= 0.6 is 0 Å². The van der Waals surface area contributed by atoms with Crippen LogP contribution in [0.5, 0.6) is 11.5 Å². The molecule has 0 N–H and O–H groups in total. The molecular weight excluding hydrogens is 248 g/mol. The molecule has 0 saturated carbocycles. The average molecular weight is 270 g/mol. The van der Waals surface area contributed by atoms with E-state index in [1.807, 2.05) is 24.3 Å². The summed E-state index contributed by atoms with van der Waals surface area (Å²) in [6.07, 6.45) is 1.93. The van der Waals surface area contributed by atoms with Gasteiger partial charge in [-0.3, -0.25) is 0 Å². The summed E-state index contributed by atoms with van der Waals surface area (Å²) in [5, 5.41) is 0. The Kier molecular flexibility index (Phi) is 4.67. The maximum Gasteiger partial charge on any atom is 0.127 e.